The maximum Gasteiger partial charge on any atom is 0.265 e. The Kier molecular flexibility index (Phi) is 5.55. The fraction of sp³-hybridized carbons (Fsp3) is 0.417. The molecule has 8 heteroatoms. The van der Waals surface area contributed by atoms with E-state index in [9.17, 15) is 4.79 Å². The van der Waals surface area contributed by atoms with Gasteiger partial charge in [0.15, 0.2) is 5.82 Å². The number of carbonyl (C=O) groups excluding carboxylic acids is 1. The van der Waals surface area contributed by atoms with Gasteiger partial charge in [0.1, 0.15) is 10.7 Å². The Morgan fingerprint density at radius 3 is 2.75 bits per heavy atom. The number of thiophene rings is 1. The van der Waals surface area contributed by atoms with Gasteiger partial charge in [-0.1, -0.05) is 20.3 Å². The van der Waals surface area contributed by atoms with Gasteiger partial charge in [0.2, 0.25) is 0 Å². The van der Waals surface area contributed by atoms with Gasteiger partial charge in [-0.15, -0.1) is 21.5 Å². The number of benzene rings is 1. The molecule has 1 aliphatic heterocycles. The number of aryl methyl sites for hydroxylation is 2. The first-order chi connectivity index (χ1) is 15.5. The van der Waals surface area contributed by atoms with Crippen molar-refractivity contribution in [3.63, 3.8) is 0 Å². The highest BCUT2D eigenvalue weighted by molar-refractivity contribution is 7.20. The predicted molar refractivity (Wildman–Crippen MR) is 128 cm³/mol. The van der Waals surface area contributed by atoms with Gasteiger partial charge in [-0.05, 0) is 56.0 Å². The van der Waals surface area contributed by atoms with Gasteiger partial charge in [-0.3, -0.25) is 9.48 Å². The molecular weight excluding hydrogens is 420 g/mol. The highest BCUT2D eigenvalue weighted by Gasteiger charge is 2.18. The van der Waals surface area contributed by atoms with Crippen molar-refractivity contribution >= 4 is 33.1 Å². The lowest BCUT2D eigenvalue weighted by Gasteiger charge is -2.08. The van der Waals surface area contributed by atoms with E-state index >= 15 is 0 Å². The van der Waals surface area contributed by atoms with Crippen LogP contribution >= 0.6 is 11.3 Å². The molecule has 0 atom stereocenters. The molecule has 0 aliphatic carbocycles. The highest BCUT2D eigenvalue weighted by atomic mass is 32.1. The van der Waals surface area contributed by atoms with Crippen molar-refractivity contribution < 1.29 is 4.79 Å². The summed E-state index contributed by atoms with van der Waals surface area (Å²) in [7, 11) is 0. The second kappa shape index (κ2) is 8.50. The molecule has 0 bridgehead atoms. The summed E-state index contributed by atoms with van der Waals surface area (Å²) in [6, 6.07) is 9.84. The van der Waals surface area contributed by atoms with Crippen LogP contribution in [-0.4, -0.2) is 30.5 Å². The predicted octanol–water partition coefficient (Wildman–Crippen LogP) is 5.30. The third-order valence-corrected chi connectivity index (χ3v) is 7.03. The molecule has 0 spiro atoms. The van der Waals surface area contributed by atoms with E-state index in [-0.39, 0.29) is 5.91 Å². The summed E-state index contributed by atoms with van der Waals surface area (Å²) < 4.78 is 4.26. The van der Waals surface area contributed by atoms with Crippen LogP contribution in [0.5, 0.6) is 0 Å². The monoisotopic (exact) mass is 448 g/mol. The molecule has 0 unspecified atom stereocenters. The normalized spacial score (nSPS) is 14.0. The molecule has 5 rings (SSSR count). The Morgan fingerprint density at radius 1 is 1.16 bits per heavy atom. The van der Waals surface area contributed by atoms with Crippen LogP contribution in [-0.2, 0) is 19.5 Å². The standard InChI is InChI=1S/C24H28N6OS/c1-15(2)14-30-24-19(16(3)28-30)13-20(32-24)23(31)25-18-10-8-17(9-11-18)22-27-26-21-7-5-4-6-12-29(21)22/h8-11,13,15H,4-7,12,14H2,1-3H3,(H,25,31). The highest BCUT2D eigenvalue weighted by Crippen LogP contribution is 2.30. The van der Waals surface area contributed by atoms with Crippen molar-refractivity contribution in [2.24, 2.45) is 5.92 Å². The number of rotatable bonds is 5. The molecule has 3 aromatic heterocycles. The number of nitrogens with one attached hydrogen (secondary N) is 1. The molecule has 1 amide bonds. The van der Waals surface area contributed by atoms with Gasteiger partial charge in [-0.25, -0.2) is 0 Å². The van der Waals surface area contributed by atoms with Crippen LogP contribution in [0.1, 0.15) is 54.3 Å². The smallest absolute Gasteiger partial charge is 0.265 e. The van der Waals surface area contributed by atoms with Gasteiger partial charge in [0.25, 0.3) is 5.91 Å². The van der Waals surface area contributed by atoms with E-state index in [1.165, 1.54) is 24.2 Å². The maximum atomic E-state index is 12.9. The van der Waals surface area contributed by atoms with Crippen molar-refractivity contribution in [2.75, 3.05) is 5.32 Å². The summed E-state index contributed by atoms with van der Waals surface area (Å²) in [5.74, 6) is 2.39. The number of fused-ring (bicyclic) bond motifs is 2. The van der Waals surface area contributed by atoms with Crippen LogP contribution in [0.3, 0.4) is 0 Å². The van der Waals surface area contributed by atoms with Crippen LogP contribution in [0.2, 0.25) is 0 Å². The lowest BCUT2D eigenvalue weighted by Crippen LogP contribution is -2.10. The van der Waals surface area contributed by atoms with E-state index in [1.807, 2.05) is 41.9 Å². The summed E-state index contributed by atoms with van der Waals surface area (Å²) in [4.78, 5) is 14.7. The Bertz CT molecular complexity index is 1260. The number of nitrogens with zero attached hydrogens (tertiary/aromatic N) is 5. The maximum absolute atomic E-state index is 12.9. The number of aromatic nitrogens is 5. The van der Waals surface area contributed by atoms with E-state index in [2.05, 4.69) is 39.0 Å². The van der Waals surface area contributed by atoms with E-state index in [0.29, 0.717) is 10.8 Å². The third kappa shape index (κ3) is 3.95. The first kappa shape index (κ1) is 20.9. The zero-order valence-electron chi connectivity index (χ0n) is 18.8. The molecule has 32 heavy (non-hydrogen) atoms. The third-order valence-electron chi connectivity index (χ3n) is 5.88. The molecule has 4 aromatic rings. The van der Waals surface area contributed by atoms with Crippen molar-refractivity contribution in [1.82, 2.24) is 24.5 Å². The molecule has 1 aromatic carbocycles. The molecule has 0 saturated carbocycles. The summed E-state index contributed by atoms with van der Waals surface area (Å²) >= 11 is 1.50. The summed E-state index contributed by atoms with van der Waals surface area (Å²) in [6.07, 6.45) is 4.57. The minimum absolute atomic E-state index is 0.0919. The van der Waals surface area contributed by atoms with Crippen LogP contribution in [0.25, 0.3) is 21.6 Å². The van der Waals surface area contributed by atoms with E-state index in [0.717, 1.165) is 64.7 Å². The average Bonchev–Trinajstić information content (AvgIpc) is 3.40. The van der Waals surface area contributed by atoms with Crippen molar-refractivity contribution in [3.8, 4) is 11.4 Å². The summed E-state index contributed by atoms with van der Waals surface area (Å²) in [5.41, 5.74) is 2.76. The van der Waals surface area contributed by atoms with Crippen LogP contribution in [0.15, 0.2) is 30.3 Å². The molecule has 4 heterocycles. The second-order valence-corrected chi connectivity index (χ2v) is 9.96. The van der Waals surface area contributed by atoms with Gasteiger partial charge in [-0.2, -0.15) is 5.10 Å². The minimum Gasteiger partial charge on any atom is -0.321 e. The van der Waals surface area contributed by atoms with E-state index in [4.69, 9.17) is 0 Å². The Hall–Kier alpha value is -3.00. The Morgan fingerprint density at radius 2 is 1.97 bits per heavy atom. The fourth-order valence-corrected chi connectivity index (χ4v) is 5.35. The zero-order valence-corrected chi connectivity index (χ0v) is 19.6. The summed E-state index contributed by atoms with van der Waals surface area (Å²) in [5, 5.41) is 17.5. The van der Waals surface area contributed by atoms with Gasteiger partial charge < -0.3 is 9.88 Å². The molecule has 1 aliphatic rings. The van der Waals surface area contributed by atoms with Crippen LogP contribution in [0.4, 0.5) is 5.69 Å². The van der Waals surface area contributed by atoms with Crippen LogP contribution in [0, 0.1) is 12.8 Å². The SMILES string of the molecule is Cc1nn(CC(C)C)c2sc(C(=O)Nc3ccc(-c4nnc5n4CCCCC5)cc3)cc12. The van der Waals surface area contributed by atoms with Crippen molar-refractivity contribution in [2.45, 2.75) is 59.5 Å². The van der Waals surface area contributed by atoms with Gasteiger partial charge in [0, 0.05) is 36.1 Å². The van der Waals surface area contributed by atoms with Crippen LogP contribution < -0.4 is 5.32 Å². The molecule has 1 N–H and O–H groups in total. The van der Waals surface area contributed by atoms with Gasteiger partial charge in [0.05, 0.1) is 10.6 Å². The second-order valence-electron chi connectivity index (χ2n) is 8.92. The number of hydrogen-bond acceptors (Lipinski definition) is 5. The molecule has 0 radical (unpaired) electrons. The van der Waals surface area contributed by atoms with Gasteiger partial charge >= 0.3 is 0 Å². The molecule has 0 saturated heterocycles. The number of hydrogen-bond donors (Lipinski definition) is 1. The fourth-order valence-electron chi connectivity index (χ4n) is 4.29. The summed E-state index contributed by atoms with van der Waals surface area (Å²) in [6.45, 7) is 8.15. The lowest BCUT2D eigenvalue weighted by molar-refractivity contribution is 0.103. The topological polar surface area (TPSA) is 77.6 Å². The minimum atomic E-state index is -0.0919. The largest absolute Gasteiger partial charge is 0.321 e. The zero-order chi connectivity index (χ0) is 22.2. The Balaban J connectivity index is 1.34. The molecule has 0 fully saturated rings. The average molecular weight is 449 g/mol. The number of carbonyl (C=O) groups is 1. The molecule has 7 nitrogen and oxygen atoms in total. The quantitative estimate of drug-likeness (QED) is 0.449. The first-order valence-corrected chi connectivity index (χ1v) is 12.1. The van der Waals surface area contributed by atoms with E-state index in [1.54, 1.807) is 0 Å². The molecule has 166 valence electrons. The first-order valence-electron chi connectivity index (χ1n) is 11.3. The lowest BCUT2D eigenvalue weighted by atomic mass is 10.2. The number of amides is 1. The Labute approximate surface area is 191 Å². The number of anilines is 1. The molecular formula is C24H28N6OS. The van der Waals surface area contributed by atoms with Crippen molar-refractivity contribution in [3.05, 3.63) is 46.7 Å². The van der Waals surface area contributed by atoms with E-state index < -0.39 is 0 Å². The van der Waals surface area contributed by atoms with Crippen molar-refractivity contribution in [1.29, 1.82) is 0 Å².